The first-order valence-electron chi connectivity index (χ1n) is 8.27. The number of benzene rings is 2. The Bertz CT molecular complexity index is 995. The SMILES string of the molecule is N#Cc1ccc(C(=O)NCCN2C(=O)S/C(=C\c3ccc(F)cc3)C2=O)cc1. The van der Waals surface area contributed by atoms with Gasteiger partial charge in [-0.2, -0.15) is 5.26 Å². The van der Waals surface area contributed by atoms with Crippen LogP contribution in [0.3, 0.4) is 0 Å². The summed E-state index contributed by atoms with van der Waals surface area (Å²) in [6.07, 6.45) is 1.53. The Hall–Kier alpha value is -3.44. The van der Waals surface area contributed by atoms with Crippen molar-refractivity contribution in [1.29, 1.82) is 5.26 Å². The molecule has 0 radical (unpaired) electrons. The number of carbonyl (C=O) groups excluding carboxylic acids is 3. The summed E-state index contributed by atoms with van der Waals surface area (Å²) in [4.78, 5) is 37.9. The summed E-state index contributed by atoms with van der Waals surface area (Å²) < 4.78 is 13.0. The first-order valence-corrected chi connectivity index (χ1v) is 9.09. The predicted octanol–water partition coefficient (Wildman–Crippen LogP) is 3.16. The van der Waals surface area contributed by atoms with E-state index in [1.165, 1.54) is 54.6 Å². The van der Waals surface area contributed by atoms with Gasteiger partial charge in [0.1, 0.15) is 5.82 Å². The van der Waals surface area contributed by atoms with E-state index in [1.807, 2.05) is 6.07 Å². The molecule has 1 fully saturated rings. The lowest BCUT2D eigenvalue weighted by Crippen LogP contribution is -2.37. The van der Waals surface area contributed by atoms with Crippen LogP contribution in [-0.2, 0) is 4.79 Å². The maximum Gasteiger partial charge on any atom is 0.293 e. The number of rotatable bonds is 5. The van der Waals surface area contributed by atoms with E-state index in [4.69, 9.17) is 5.26 Å². The maximum absolute atomic E-state index is 13.0. The van der Waals surface area contributed by atoms with Crippen molar-refractivity contribution in [3.8, 4) is 6.07 Å². The fraction of sp³-hybridized carbons (Fsp3) is 0.100. The molecule has 2 aromatic carbocycles. The average Bonchev–Trinajstić information content (AvgIpc) is 2.97. The minimum Gasteiger partial charge on any atom is -0.350 e. The van der Waals surface area contributed by atoms with E-state index in [1.54, 1.807) is 0 Å². The topological polar surface area (TPSA) is 90.3 Å². The second-order valence-electron chi connectivity index (χ2n) is 5.83. The Kier molecular flexibility index (Phi) is 5.87. The third-order valence-electron chi connectivity index (χ3n) is 3.94. The first-order chi connectivity index (χ1) is 13.5. The third-order valence-corrected chi connectivity index (χ3v) is 4.85. The molecule has 8 heteroatoms. The number of carbonyl (C=O) groups is 3. The number of imide groups is 1. The fourth-order valence-electron chi connectivity index (χ4n) is 2.48. The number of nitriles is 1. The van der Waals surface area contributed by atoms with Gasteiger partial charge < -0.3 is 5.32 Å². The Morgan fingerprint density at radius 2 is 1.82 bits per heavy atom. The van der Waals surface area contributed by atoms with Crippen LogP contribution in [0.25, 0.3) is 6.08 Å². The molecule has 0 atom stereocenters. The van der Waals surface area contributed by atoms with Crippen LogP contribution in [0.15, 0.2) is 53.4 Å². The summed E-state index contributed by atoms with van der Waals surface area (Å²) in [6.45, 7) is 0.133. The Balaban J connectivity index is 1.57. The molecule has 2 aromatic rings. The molecule has 1 N–H and O–H groups in total. The summed E-state index contributed by atoms with van der Waals surface area (Å²) in [5.74, 6) is -1.20. The van der Waals surface area contributed by atoms with E-state index in [0.717, 1.165) is 16.7 Å². The van der Waals surface area contributed by atoms with Gasteiger partial charge >= 0.3 is 0 Å². The Morgan fingerprint density at radius 3 is 2.46 bits per heavy atom. The lowest BCUT2D eigenvalue weighted by atomic mass is 10.1. The second-order valence-corrected chi connectivity index (χ2v) is 6.82. The van der Waals surface area contributed by atoms with Crippen molar-refractivity contribution in [3.63, 3.8) is 0 Å². The van der Waals surface area contributed by atoms with Gasteiger partial charge in [0.25, 0.3) is 17.1 Å². The van der Waals surface area contributed by atoms with Crippen LogP contribution in [-0.4, -0.2) is 35.0 Å². The zero-order chi connectivity index (χ0) is 20.1. The zero-order valence-corrected chi connectivity index (χ0v) is 15.3. The fourth-order valence-corrected chi connectivity index (χ4v) is 3.35. The van der Waals surface area contributed by atoms with Crippen LogP contribution < -0.4 is 5.32 Å². The van der Waals surface area contributed by atoms with Crippen molar-refractivity contribution in [3.05, 3.63) is 75.9 Å². The summed E-state index contributed by atoms with van der Waals surface area (Å²) in [6, 6.07) is 13.7. The molecule has 28 heavy (non-hydrogen) atoms. The van der Waals surface area contributed by atoms with Gasteiger partial charge in [0.15, 0.2) is 0 Å². The van der Waals surface area contributed by atoms with Gasteiger partial charge in [0.2, 0.25) is 0 Å². The number of halogens is 1. The van der Waals surface area contributed by atoms with Crippen molar-refractivity contribution in [1.82, 2.24) is 10.2 Å². The number of nitrogens with one attached hydrogen (secondary N) is 1. The van der Waals surface area contributed by atoms with E-state index in [2.05, 4.69) is 5.32 Å². The van der Waals surface area contributed by atoms with Crippen molar-refractivity contribution < 1.29 is 18.8 Å². The summed E-state index contributed by atoms with van der Waals surface area (Å²) in [5.41, 5.74) is 1.44. The van der Waals surface area contributed by atoms with Crippen LogP contribution in [0.4, 0.5) is 9.18 Å². The van der Waals surface area contributed by atoms with Crippen LogP contribution in [0.2, 0.25) is 0 Å². The van der Waals surface area contributed by atoms with Gasteiger partial charge in [-0.25, -0.2) is 4.39 Å². The molecule has 0 bridgehead atoms. The lowest BCUT2D eigenvalue weighted by Gasteiger charge is -2.13. The summed E-state index contributed by atoms with van der Waals surface area (Å²) in [7, 11) is 0. The molecule has 1 aliphatic heterocycles. The van der Waals surface area contributed by atoms with Crippen LogP contribution in [0.1, 0.15) is 21.5 Å². The maximum atomic E-state index is 13.0. The predicted molar refractivity (Wildman–Crippen MR) is 103 cm³/mol. The highest BCUT2D eigenvalue weighted by Gasteiger charge is 2.34. The summed E-state index contributed by atoms with van der Waals surface area (Å²) in [5, 5.41) is 11.0. The highest BCUT2D eigenvalue weighted by atomic mass is 32.2. The van der Waals surface area contributed by atoms with E-state index in [0.29, 0.717) is 16.7 Å². The first kappa shape index (κ1) is 19.3. The molecule has 0 aromatic heterocycles. The lowest BCUT2D eigenvalue weighted by molar-refractivity contribution is -0.122. The molecule has 0 spiro atoms. The van der Waals surface area contributed by atoms with Crippen molar-refractivity contribution >= 4 is 34.9 Å². The Labute approximate surface area is 164 Å². The molecule has 1 aliphatic rings. The van der Waals surface area contributed by atoms with Crippen LogP contribution in [0.5, 0.6) is 0 Å². The quantitative estimate of drug-likeness (QED) is 0.786. The molecular formula is C20H14FN3O3S. The van der Waals surface area contributed by atoms with E-state index in [9.17, 15) is 18.8 Å². The second kappa shape index (κ2) is 8.50. The van der Waals surface area contributed by atoms with E-state index in [-0.39, 0.29) is 29.7 Å². The number of hydrogen-bond acceptors (Lipinski definition) is 5. The van der Waals surface area contributed by atoms with E-state index >= 15 is 0 Å². The van der Waals surface area contributed by atoms with Crippen molar-refractivity contribution in [2.24, 2.45) is 0 Å². The molecule has 6 nitrogen and oxygen atoms in total. The molecule has 1 heterocycles. The molecule has 3 amide bonds. The third kappa shape index (κ3) is 4.45. The normalized spacial score (nSPS) is 15.0. The molecule has 3 rings (SSSR count). The smallest absolute Gasteiger partial charge is 0.293 e. The molecule has 140 valence electrons. The van der Waals surface area contributed by atoms with Crippen LogP contribution in [0, 0.1) is 17.1 Å². The van der Waals surface area contributed by atoms with Gasteiger partial charge in [0.05, 0.1) is 16.5 Å². The largest absolute Gasteiger partial charge is 0.350 e. The van der Waals surface area contributed by atoms with Gasteiger partial charge in [-0.1, -0.05) is 12.1 Å². The minimum absolute atomic E-state index is 0.0352. The van der Waals surface area contributed by atoms with Crippen LogP contribution >= 0.6 is 11.8 Å². The molecule has 0 aliphatic carbocycles. The van der Waals surface area contributed by atoms with E-state index < -0.39 is 11.1 Å². The highest BCUT2D eigenvalue weighted by Crippen LogP contribution is 2.31. The molecular weight excluding hydrogens is 381 g/mol. The van der Waals surface area contributed by atoms with Gasteiger partial charge in [-0.3, -0.25) is 19.3 Å². The number of nitrogens with zero attached hydrogens (tertiary/aromatic N) is 2. The van der Waals surface area contributed by atoms with Crippen molar-refractivity contribution in [2.75, 3.05) is 13.1 Å². The minimum atomic E-state index is -0.452. The molecule has 0 saturated carbocycles. The number of thioether (sulfide) groups is 1. The molecule has 0 unspecified atom stereocenters. The van der Waals surface area contributed by atoms with Gasteiger partial charge in [0, 0.05) is 18.7 Å². The Morgan fingerprint density at radius 1 is 1.14 bits per heavy atom. The average molecular weight is 395 g/mol. The standard InChI is InChI=1S/C20H14FN3O3S/c21-16-7-3-13(4-8-16)11-17-19(26)24(20(27)28-17)10-9-23-18(25)15-5-1-14(12-22)2-6-15/h1-8,11H,9-10H2,(H,23,25)/b17-11-. The zero-order valence-electron chi connectivity index (χ0n) is 14.5. The number of amides is 3. The summed E-state index contributed by atoms with van der Waals surface area (Å²) >= 11 is 0.802. The van der Waals surface area contributed by atoms with Gasteiger partial charge in [-0.05, 0) is 59.8 Å². The number of hydrogen-bond donors (Lipinski definition) is 1. The highest BCUT2D eigenvalue weighted by molar-refractivity contribution is 8.18. The van der Waals surface area contributed by atoms with Gasteiger partial charge in [-0.15, -0.1) is 0 Å². The monoisotopic (exact) mass is 395 g/mol. The molecule has 1 saturated heterocycles. The van der Waals surface area contributed by atoms with Crippen molar-refractivity contribution in [2.45, 2.75) is 0 Å².